The molecule has 0 radical (unpaired) electrons. The normalized spacial score (nSPS) is 10.8. The minimum Gasteiger partial charge on any atom is -0.493 e. The maximum Gasteiger partial charge on any atom is 0.343 e. The van der Waals surface area contributed by atoms with Gasteiger partial charge in [-0.2, -0.15) is 5.10 Å². The van der Waals surface area contributed by atoms with Crippen LogP contribution in [0.2, 0.25) is 5.02 Å². The average Bonchev–Trinajstić information content (AvgIpc) is 2.89. The number of nitrogens with zero attached hydrogens (tertiary/aromatic N) is 1. The number of ether oxygens (including phenoxy) is 3. The summed E-state index contributed by atoms with van der Waals surface area (Å²) in [7, 11) is 3.03. The monoisotopic (exact) mass is 519 g/mol. The molecule has 0 aliphatic heterocycles. The molecular formula is C27H22ClN3O4S. The standard InChI is InChI=1S/C27H22ClN3O4S/c1-33-24-13-11-18(14-25(24)34-2)26(32)35-23-12-10-17-6-3-4-9-21(17)22(23)16-29-31-27(36)30-20-8-5-7-19(28)15-20/h3-16H,1-2H3,(H2,30,31,36). The van der Waals surface area contributed by atoms with E-state index in [9.17, 15) is 4.79 Å². The molecule has 2 N–H and O–H groups in total. The summed E-state index contributed by atoms with van der Waals surface area (Å²) in [5, 5.41) is 9.95. The van der Waals surface area contributed by atoms with E-state index in [4.69, 9.17) is 38.0 Å². The van der Waals surface area contributed by atoms with Crippen molar-refractivity contribution in [3.8, 4) is 17.2 Å². The van der Waals surface area contributed by atoms with Crippen LogP contribution < -0.4 is 25.0 Å². The Morgan fingerprint density at radius 3 is 2.47 bits per heavy atom. The number of anilines is 1. The molecule has 4 aromatic carbocycles. The first-order valence-corrected chi connectivity index (χ1v) is 11.6. The van der Waals surface area contributed by atoms with Gasteiger partial charge in [0.1, 0.15) is 5.75 Å². The Bertz CT molecular complexity index is 1460. The Hall–Kier alpha value is -4.14. The van der Waals surface area contributed by atoms with Gasteiger partial charge in [-0.05, 0) is 65.5 Å². The molecule has 0 atom stereocenters. The van der Waals surface area contributed by atoms with Gasteiger partial charge in [-0.25, -0.2) is 4.79 Å². The lowest BCUT2D eigenvalue weighted by Gasteiger charge is -2.12. The van der Waals surface area contributed by atoms with E-state index in [-0.39, 0.29) is 5.11 Å². The number of esters is 1. The molecule has 0 aliphatic carbocycles. The molecule has 0 fully saturated rings. The maximum absolute atomic E-state index is 13.0. The molecule has 0 unspecified atom stereocenters. The van der Waals surface area contributed by atoms with Crippen LogP contribution in [-0.2, 0) is 0 Å². The van der Waals surface area contributed by atoms with Crippen molar-refractivity contribution in [2.45, 2.75) is 0 Å². The van der Waals surface area contributed by atoms with Crippen molar-refractivity contribution in [3.63, 3.8) is 0 Å². The molecule has 0 spiro atoms. The molecule has 0 bridgehead atoms. The van der Waals surface area contributed by atoms with Crippen molar-refractivity contribution in [2.24, 2.45) is 5.10 Å². The van der Waals surface area contributed by atoms with Gasteiger partial charge >= 0.3 is 5.97 Å². The van der Waals surface area contributed by atoms with Gasteiger partial charge in [0.05, 0.1) is 26.0 Å². The molecule has 0 saturated carbocycles. The molecule has 7 nitrogen and oxygen atoms in total. The molecule has 9 heteroatoms. The fourth-order valence-electron chi connectivity index (χ4n) is 3.50. The Morgan fingerprint density at radius 2 is 1.69 bits per heavy atom. The summed E-state index contributed by atoms with van der Waals surface area (Å²) in [6.45, 7) is 0. The molecule has 4 aromatic rings. The number of benzene rings is 4. The minimum absolute atomic E-state index is 0.276. The number of thiocarbonyl (C=S) groups is 1. The molecule has 0 aliphatic rings. The molecule has 36 heavy (non-hydrogen) atoms. The fraction of sp³-hybridized carbons (Fsp3) is 0.0741. The van der Waals surface area contributed by atoms with Crippen molar-refractivity contribution in [1.29, 1.82) is 0 Å². The van der Waals surface area contributed by atoms with Crippen LogP contribution in [0.15, 0.2) is 84.0 Å². The van der Waals surface area contributed by atoms with Crippen molar-refractivity contribution < 1.29 is 19.0 Å². The highest BCUT2D eigenvalue weighted by atomic mass is 35.5. The van der Waals surface area contributed by atoms with Crippen molar-refractivity contribution >= 4 is 57.6 Å². The zero-order valence-corrected chi connectivity index (χ0v) is 21.0. The number of carbonyl (C=O) groups excluding carboxylic acids is 1. The number of fused-ring (bicyclic) bond motifs is 1. The van der Waals surface area contributed by atoms with E-state index in [1.54, 1.807) is 42.6 Å². The Balaban J connectivity index is 1.57. The Labute approximate surface area is 218 Å². The topological polar surface area (TPSA) is 81.2 Å². The smallest absolute Gasteiger partial charge is 0.343 e. The number of hydrogen-bond donors (Lipinski definition) is 2. The van der Waals surface area contributed by atoms with Crippen LogP contribution >= 0.6 is 23.8 Å². The highest BCUT2D eigenvalue weighted by Crippen LogP contribution is 2.30. The molecule has 0 saturated heterocycles. The third kappa shape index (κ3) is 5.91. The molecule has 4 rings (SSSR count). The largest absolute Gasteiger partial charge is 0.493 e. The van der Waals surface area contributed by atoms with Crippen molar-refractivity contribution in [3.05, 3.63) is 95.0 Å². The summed E-state index contributed by atoms with van der Waals surface area (Å²) in [6.07, 6.45) is 1.56. The summed E-state index contributed by atoms with van der Waals surface area (Å²) >= 11 is 11.3. The van der Waals surface area contributed by atoms with E-state index >= 15 is 0 Å². The molecule has 0 heterocycles. The second-order valence-electron chi connectivity index (χ2n) is 7.49. The number of halogens is 1. The van der Waals surface area contributed by atoms with E-state index in [0.29, 0.717) is 33.4 Å². The summed E-state index contributed by atoms with van der Waals surface area (Å²) in [5.74, 6) is 0.734. The SMILES string of the molecule is COc1ccc(C(=O)Oc2ccc3ccccc3c2C=NNC(=S)Nc2cccc(Cl)c2)cc1OC. The van der Waals surface area contributed by atoms with Crippen LogP contribution in [0.3, 0.4) is 0 Å². The maximum atomic E-state index is 13.0. The number of hydrogen-bond acceptors (Lipinski definition) is 6. The fourth-order valence-corrected chi connectivity index (χ4v) is 3.86. The lowest BCUT2D eigenvalue weighted by Crippen LogP contribution is -2.23. The summed E-state index contributed by atoms with van der Waals surface area (Å²) in [4.78, 5) is 13.0. The number of methoxy groups -OCH3 is 2. The zero-order valence-electron chi connectivity index (χ0n) is 19.4. The van der Waals surface area contributed by atoms with Gasteiger partial charge in [0.25, 0.3) is 0 Å². The van der Waals surface area contributed by atoms with E-state index in [1.807, 2.05) is 42.5 Å². The summed E-state index contributed by atoms with van der Waals surface area (Å²) in [6, 6.07) is 23.3. The number of hydrazone groups is 1. The lowest BCUT2D eigenvalue weighted by molar-refractivity contribution is 0.0734. The first kappa shape index (κ1) is 25.0. The van der Waals surface area contributed by atoms with Crippen LogP contribution in [0.5, 0.6) is 17.2 Å². The van der Waals surface area contributed by atoms with Crippen LogP contribution in [0.25, 0.3) is 10.8 Å². The second-order valence-corrected chi connectivity index (χ2v) is 8.34. The van der Waals surface area contributed by atoms with Gasteiger partial charge in [0.2, 0.25) is 0 Å². The van der Waals surface area contributed by atoms with E-state index < -0.39 is 5.97 Å². The Morgan fingerprint density at radius 1 is 0.917 bits per heavy atom. The van der Waals surface area contributed by atoms with Gasteiger partial charge in [-0.1, -0.05) is 48.0 Å². The van der Waals surface area contributed by atoms with Crippen LogP contribution in [0, 0.1) is 0 Å². The quantitative estimate of drug-likeness (QED) is 0.101. The lowest BCUT2D eigenvalue weighted by atomic mass is 10.0. The first-order valence-electron chi connectivity index (χ1n) is 10.8. The van der Waals surface area contributed by atoms with E-state index in [1.165, 1.54) is 14.2 Å². The predicted octanol–water partition coefficient (Wildman–Crippen LogP) is 6.05. The van der Waals surface area contributed by atoms with Crippen molar-refractivity contribution in [2.75, 3.05) is 19.5 Å². The molecule has 182 valence electrons. The highest BCUT2D eigenvalue weighted by Gasteiger charge is 2.16. The van der Waals surface area contributed by atoms with E-state index in [2.05, 4.69) is 15.8 Å². The van der Waals surface area contributed by atoms with Crippen LogP contribution in [0.4, 0.5) is 5.69 Å². The third-order valence-corrected chi connectivity index (χ3v) is 5.62. The summed E-state index contributed by atoms with van der Waals surface area (Å²) in [5.41, 5.74) is 4.43. The van der Waals surface area contributed by atoms with Gasteiger partial charge in [-0.3, -0.25) is 5.43 Å². The van der Waals surface area contributed by atoms with Crippen LogP contribution in [0.1, 0.15) is 15.9 Å². The number of rotatable bonds is 7. The minimum atomic E-state index is -0.549. The van der Waals surface area contributed by atoms with Gasteiger partial charge in [-0.15, -0.1) is 0 Å². The number of carbonyl (C=O) groups is 1. The van der Waals surface area contributed by atoms with Gasteiger partial charge < -0.3 is 19.5 Å². The van der Waals surface area contributed by atoms with Crippen LogP contribution in [-0.4, -0.2) is 31.5 Å². The summed E-state index contributed by atoms with van der Waals surface area (Å²) < 4.78 is 16.3. The average molecular weight is 520 g/mol. The first-order chi connectivity index (χ1) is 17.5. The third-order valence-electron chi connectivity index (χ3n) is 5.19. The predicted molar refractivity (Wildman–Crippen MR) is 147 cm³/mol. The van der Waals surface area contributed by atoms with E-state index in [0.717, 1.165) is 16.5 Å². The molecule has 0 amide bonds. The highest BCUT2D eigenvalue weighted by molar-refractivity contribution is 7.80. The van der Waals surface area contributed by atoms with Gasteiger partial charge in [0.15, 0.2) is 16.6 Å². The molecule has 0 aromatic heterocycles. The van der Waals surface area contributed by atoms with Crippen molar-refractivity contribution in [1.82, 2.24) is 5.43 Å². The number of nitrogens with one attached hydrogen (secondary N) is 2. The zero-order chi connectivity index (χ0) is 25.5. The molecular weight excluding hydrogens is 498 g/mol. The second kappa shape index (κ2) is 11.5. The Kier molecular flexibility index (Phi) is 7.99. The van der Waals surface area contributed by atoms with Gasteiger partial charge in [0, 0.05) is 16.3 Å².